The highest BCUT2D eigenvalue weighted by Gasteiger charge is 2.35. The van der Waals surface area contributed by atoms with Crippen LogP contribution in [0.3, 0.4) is 0 Å². The molecular weight excluding hydrogens is 256 g/mol. The molecule has 2 nitrogen and oxygen atoms in total. The van der Waals surface area contributed by atoms with Gasteiger partial charge in [-0.05, 0) is 64.3 Å². The average Bonchev–Trinajstić information content (AvgIpc) is 3.23. The van der Waals surface area contributed by atoms with Crippen LogP contribution in [0, 0.1) is 11.3 Å². The lowest BCUT2D eigenvalue weighted by Gasteiger charge is -2.40. The smallest absolute Gasteiger partial charge is 0.00967 e. The lowest BCUT2D eigenvalue weighted by molar-refractivity contribution is 0.118. The lowest BCUT2D eigenvalue weighted by Crippen LogP contribution is -2.49. The van der Waals surface area contributed by atoms with Crippen LogP contribution in [0.5, 0.6) is 0 Å². The van der Waals surface area contributed by atoms with Crippen LogP contribution in [-0.4, -0.2) is 36.6 Å². The fourth-order valence-corrected chi connectivity index (χ4v) is 3.77. The van der Waals surface area contributed by atoms with Gasteiger partial charge in [-0.15, -0.1) is 0 Å². The van der Waals surface area contributed by atoms with Gasteiger partial charge in [-0.2, -0.15) is 0 Å². The van der Waals surface area contributed by atoms with E-state index in [0.717, 1.165) is 5.92 Å². The molecule has 0 aromatic rings. The summed E-state index contributed by atoms with van der Waals surface area (Å²) in [6.07, 6.45) is 11.6. The van der Waals surface area contributed by atoms with Crippen LogP contribution in [0.25, 0.3) is 0 Å². The second kappa shape index (κ2) is 7.46. The van der Waals surface area contributed by atoms with E-state index in [1.807, 2.05) is 0 Å². The Hall–Kier alpha value is -0.0800. The number of hydrogen-bond acceptors (Lipinski definition) is 2. The molecule has 2 heteroatoms. The van der Waals surface area contributed by atoms with Crippen molar-refractivity contribution in [2.75, 3.05) is 26.2 Å². The minimum atomic E-state index is 0.243. The highest BCUT2D eigenvalue weighted by atomic mass is 15.1. The van der Waals surface area contributed by atoms with Gasteiger partial charge in [0.1, 0.15) is 0 Å². The fraction of sp³-hybridized carbons (Fsp3) is 1.00. The number of hydrogen-bond donors (Lipinski definition) is 1. The van der Waals surface area contributed by atoms with Gasteiger partial charge in [-0.25, -0.2) is 0 Å². The van der Waals surface area contributed by atoms with Gasteiger partial charge in [0.25, 0.3) is 0 Å². The van der Waals surface area contributed by atoms with Gasteiger partial charge in [0.2, 0.25) is 0 Å². The summed E-state index contributed by atoms with van der Waals surface area (Å²) < 4.78 is 0. The molecule has 0 saturated heterocycles. The van der Waals surface area contributed by atoms with E-state index in [-0.39, 0.29) is 5.54 Å². The number of rotatable bonds is 7. The predicted molar refractivity (Wildman–Crippen MR) is 92.7 cm³/mol. The standard InChI is InChI=1S/C19H38N2/c1-5-21(14-17-10-11-17)16-19(15-20-18(2,3)4)12-8-6-7-9-13-19/h17,20H,5-16H2,1-4H3. The van der Waals surface area contributed by atoms with Crippen molar-refractivity contribution in [2.45, 2.75) is 84.6 Å². The van der Waals surface area contributed by atoms with Crippen molar-refractivity contribution >= 4 is 0 Å². The van der Waals surface area contributed by atoms with Gasteiger partial charge in [-0.1, -0.05) is 32.6 Å². The van der Waals surface area contributed by atoms with Crippen LogP contribution in [0.4, 0.5) is 0 Å². The summed E-state index contributed by atoms with van der Waals surface area (Å²) in [7, 11) is 0. The molecule has 0 heterocycles. The normalized spacial score (nSPS) is 23.3. The first-order valence-corrected chi connectivity index (χ1v) is 9.40. The van der Waals surface area contributed by atoms with Gasteiger partial charge >= 0.3 is 0 Å². The Kier molecular flexibility index (Phi) is 6.14. The zero-order valence-electron chi connectivity index (χ0n) is 15.0. The Balaban J connectivity index is 1.98. The van der Waals surface area contributed by atoms with Gasteiger partial charge in [0, 0.05) is 25.2 Å². The Morgan fingerprint density at radius 1 is 1.05 bits per heavy atom. The van der Waals surface area contributed by atoms with Crippen LogP contribution in [0.1, 0.15) is 79.1 Å². The van der Waals surface area contributed by atoms with Crippen molar-refractivity contribution in [3.63, 3.8) is 0 Å². The van der Waals surface area contributed by atoms with Crippen molar-refractivity contribution in [2.24, 2.45) is 11.3 Å². The molecule has 0 aliphatic heterocycles. The zero-order valence-corrected chi connectivity index (χ0v) is 15.0. The summed E-state index contributed by atoms with van der Waals surface area (Å²) in [5.74, 6) is 1.02. The molecule has 0 aromatic heterocycles. The Bertz CT molecular complexity index is 293. The van der Waals surface area contributed by atoms with Crippen molar-refractivity contribution in [1.29, 1.82) is 0 Å². The molecule has 0 atom stereocenters. The van der Waals surface area contributed by atoms with E-state index in [9.17, 15) is 0 Å². The molecule has 0 aromatic carbocycles. The van der Waals surface area contributed by atoms with E-state index < -0.39 is 0 Å². The fourth-order valence-electron chi connectivity index (χ4n) is 3.77. The van der Waals surface area contributed by atoms with Crippen molar-refractivity contribution in [1.82, 2.24) is 10.2 Å². The summed E-state index contributed by atoms with van der Waals surface area (Å²) in [4.78, 5) is 2.76. The first-order valence-electron chi connectivity index (χ1n) is 9.40. The third-order valence-corrected chi connectivity index (χ3v) is 5.38. The number of nitrogens with one attached hydrogen (secondary N) is 1. The summed E-state index contributed by atoms with van der Waals surface area (Å²) in [5.41, 5.74) is 0.765. The molecule has 124 valence electrons. The van der Waals surface area contributed by atoms with Crippen molar-refractivity contribution in [3.05, 3.63) is 0 Å². The molecule has 2 saturated carbocycles. The monoisotopic (exact) mass is 294 g/mol. The van der Waals surface area contributed by atoms with Crippen LogP contribution in [0.2, 0.25) is 0 Å². The second-order valence-corrected chi connectivity index (χ2v) is 8.79. The Labute approximate surface area is 133 Å². The van der Waals surface area contributed by atoms with Crippen LogP contribution < -0.4 is 5.32 Å². The summed E-state index contributed by atoms with van der Waals surface area (Å²) in [5, 5.41) is 3.83. The molecule has 2 rings (SSSR count). The quantitative estimate of drug-likeness (QED) is 0.698. The molecule has 21 heavy (non-hydrogen) atoms. The third kappa shape index (κ3) is 6.28. The topological polar surface area (TPSA) is 15.3 Å². The summed E-state index contributed by atoms with van der Waals surface area (Å²) in [6, 6.07) is 0. The van der Waals surface area contributed by atoms with Gasteiger partial charge in [-0.3, -0.25) is 0 Å². The minimum absolute atomic E-state index is 0.243. The molecule has 2 aliphatic rings. The van der Waals surface area contributed by atoms with Crippen molar-refractivity contribution < 1.29 is 0 Å². The summed E-state index contributed by atoms with van der Waals surface area (Å²) in [6.45, 7) is 14.4. The largest absolute Gasteiger partial charge is 0.311 e. The highest BCUT2D eigenvalue weighted by Crippen LogP contribution is 2.37. The molecule has 0 radical (unpaired) electrons. The molecule has 0 spiro atoms. The maximum absolute atomic E-state index is 3.83. The van der Waals surface area contributed by atoms with E-state index in [1.165, 1.54) is 77.5 Å². The van der Waals surface area contributed by atoms with Crippen LogP contribution in [0.15, 0.2) is 0 Å². The molecule has 0 unspecified atom stereocenters. The van der Waals surface area contributed by atoms with E-state index in [1.54, 1.807) is 0 Å². The van der Waals surface area contributed by atoms with E-state index in [4.69, 9.17) is 0 Å². The van der Waals surface area contributed by atoms with E-state index >= 15 is 0 Å². The lowest BCUT2D eigenvalue weighted by atomic mass is 9.79. The number of nitrogens with zero attached hydrogens (tertiary/aromatic N) is 1. The third-order valence-electron chi connectivity index (χ3n) is 5.38. The predicted octanol–water partition coefficient (Wildman–Crippen LogP) is 4.45. The Morgan fingerprint density at radius 3 is 2.14 bits per heavy atom. The Morgan fingerprint density at radius 2 is 1.67 bits per heavy atom. The van der Waals surface area contributed by atoms with Gasteiger partial charge < -0.3 is 10.2 Å². The highest BCUT2D eigenvalue weighted by molar-refractivity contribution is 4.90. The van der Waals surface area contributed by atoms with Crippen molar-refractivity contribution in [3.8, 4) is 0 Å². The van der Waals surface area contributed by atoms with Gasteiger partial charge in [0.05, 0.1) is 0 Å². The SMILES string of the molecule is CCN(CC1CC1)CC1(CNC(C)(C)C)CCCCCC1. The molecule has 1 N–H and O–H groups in total. The average molecular weight is 295 g/mol. The van der Waals surface area contributed by atoms with Crippen LogP contribution >= 0.6 is 0 Å². The zero-order chi connectivity index (χ0) is 15.3. The molecule has 2 fully saturated rings. The van der Waals surface area contributed by atoms with E-state index in [2.05, 4.69) is 37.9 Å². The summed E-state index contributed by atoms with van der Waals surface area (Å²) >= 11 is 0. The molecule has 2 aliphatic carbocycles. The maximum atomic E-state index is 3.83. The first kappa shape index (κ1) is 17.3. The molecule has 0 bridgehead atoms. The van der Waals surface area contributed by atoms with Gasteiger partial charge in [0.15, 0.2) is 0 Å². The molecular formula is C19H38N2. The first-order chi connectivity index (χ1) is 9.92. The minimum Gasteiger partial charge on any atom is -0.311 e. The van der Waals surface area contributed by atoms with E-state index in [0.29, 0.717) is 5.41 Å². The molecule has 0 amide bonds. The van der Waals surface area contributed by atoms with Crippen LogP contribution in [-0.2, 0) is 0 Å². The second-order valence-electron chi connectivity index (χ2n) is 8.79. The maximum Gasteiger partial charge on any atom is 0.00967 e.